The van der Waals surface area contributed by atoms with E-state index in [9.17, 15) is 10.1 Å². The van der Waals surface area contributed by atoms with Gasteiger partial charge in [0.05, 0.1) is 25.4 Å². The van der Waals surface area contributed by atoms with E-state index < -0.39 is 4.92 Å². The van der Waals surface area contributed by atoms with Crippen molar-refractivity contribution in [2.24, 2.45) is 5.10 Å². The fourth-order valence-electron chi connectivity index (χ4n) is 2.42. The zero-order chi connectivity index (χ0) is 20.3. The van der Waals surface area contributed by atoms with Crippen LogP contribution in [0.2, 0.25) is 5.02 Å². The molecule has 0 amide bonds. The lowest BCUT2D eigenvalue weighted by molar-refractivity contribution is -0.384. The smallest absolute Gasteiger partial charge is 0.270 e. The highest BCUT2D eigenvalue weighted by Crippen LogP contribution is 2.31. The first-order valence-corrected chi connectivity index (χ1v) is 8.61. The summed E-state index contributed by atoms with van der Waals surface area (Å²) in [5.41, 5.74) is 0.950. The fraction of sp³-hybridized carbons (Fsp3) is 0.118. The molecule has 1 N–H and O–H groups in total. The van der Waals surface area contributed by atoms with Crippen LogP contribution in [0.5, 0.6) is 11.5 Å². The maximum atomic E-state index is 11.0. The highest BCUT2D eigenvalue weighted by molar-refractivity contribution is 7.71. The summed E-state index contributed by atoms with van der Waals surface area (Å²) in [6.07, 6.45) is 1.38. The van der Waals surface area contributed by atoms with Crippen molar-refractivity contribution in [3.63, 3.8) is 0 Å². The van der Waals surface area contributed by atoms with E-state index in [0.29, 0.717) is 33.5 Å². The number of rotatable bonds is 6. The van der Waals surface area contributed by atoms with Gasteiger partial charge in [0, 0.05) is 28.3 Å². The lowest BCUT2D eigenvalue weighted by atomic mass is 10.2. The molecule has 0 atom stereocenters. The molecular weight excluding hydrogens is 406 g/mol. The third-order valence-electron chi connectivity index (χ3n) is 3.79. The molecule has 1 aromatic heterocycles. The van der Waals surface area contributed by atoms with Crippen LogP contribution in [0.3, 0.4) is 0 Å². The van der Waals surface area contributed by atoms with Crippen molar-refractivity contribution in [1.29, 1.82) is 0 Å². The number of aromatic nitrogens is 3. The Morgan fingerprint density at radius 3 is 2.68 bits per heavy atom. The molecule has 0 unspecified atom stereocenters. The Balaban J connectivity index is 2.03. The standard InChI is InChI=1S/C17H14ClN5O4S/c1-26-14-6-3-10(8-15(14)27-2)16-20-21-17(28)22(16)19-9-11-7-12(23(24)25)4-5-13(11)18/h3-9H,1-2H3,(H,21,28). The molecule has 0 aliphatic heterocycles. The molecule has 0 radical (unpaired) electrons. The second kappa shape index (κ2) is 8.19. The first-order valence-electron chi connectivity index (χ1n) is 7.82. The van der Waals surface area contributed by atoms with Gasteiger partial charge in [0.15, 0.2) is 17.3 Å². The van der Waals surface area contributed by atoms with E-state index in [1.54, 1.807) is 25.3 Å². The molecule has 9 nitrogen and oxygen atoms in total. The molecule has 1 heterocycles. The molecule has 0 aliphatic rings. The molecule has 0 fully saturated rings. The molecule has 0 aliphatic carbocycles. The van der Waals surface area contributed by atoms with Gasteiger partial charge in [0.25, 0.3) is 5.69 Å². The van der Waals surface area contributed by atoms with E-state index in [1.165, 1.54) is 36.2 Å². The van der Waals surface area contributed by atoms with Crippen LogP contribution in [-0.2, 0) is 0 Å². The molecule has 3 aromatic rings. The van der Waals surface area contributed by atoms with E-state index in [0.717, 1.165) is 0 Å². The number of benzene rings is 2. The van der Waals surface area contributed by atoms with Gasteiger partial charge in [-0.15, -0.1) is 0 Å². The van der Waals surface area contributed by atoms with Crippen LogP contribution in [-0.4, -0.2) is 40.2 Å². The lowest BCUT2D eigenvalue weighted by Gasteiger charge is -2.09. The van der Waals surface area contributed by atoms with Gasteiger partial charge in [0.1, 0.15) is 0 Å². The van der Waals surface area contributed by atoms with Crippen molar-refractivity contribution in [1.82, 2.24) is 14.9 Å². The van der Waals surface area contributed by atoms with Gasteiger partial charge in [-0.25, -0.2) is 5.10 Å². The topological polar surface area (TPSA) is 108 Å². The van der Waals surface area contributed by atoms with Gasteiger partial charge in [-0.2, -0.15) is 14.9 Å². The number of non-ortho nitro benzene ring substituents is 1. The lowest BCUT2D eigenvalue weighted by Crippen LogP contribution is -1.97. The highest BCUT2D eigenvalue weighted by atomic mass is 35.5. The average molecular weight is 420 g/mol. The Morgan fingerprint density at radius 1 is 1.25 bits per heavy atom. The number of nitrogens with one attached hydrogen (secondary N) is 1. The molecule has 11 heteroatoms. The fourth-order valence-corrected chi connectivity index (χ4v) is 2.77. The van der Waals surface area contributed by atoms with Gasteiger partial charge < -0.3 is 9.47 Å². The number of nitro groups is 1. The third-order valence-corrected chi connectivity index (χ3v) is 4.40. The predicted octanol–water partition coefficient (Wildman–Crippen LogP) is 4.07. The van der Waals surface area contributed by atoms with Crippen LogP contribution < -0.4 is 9.47 Å². The van der Waals surface area contributed by atoms with Crippen LogP contribution in [0.15, 0.2) is 41.5 Å². The summed E-state index contributed by atoms with van der Waals surface area (Å²) >= 11 is 11.3. The number of H-pyrrole nitrogens is 1. The summed E-state index contributed by atoms with van der Waals surface area (Å²) in [5.74, 6) is 1.51. The molecule has 0 bridgehead atoms. The van der Waals surface area contributed by atoms with Gasteiger partial charge in [-0.3, -0.25) is 10.1 Å². The SMILES string of the molecule is COc1ccc(-c2n[nH]c(=S)n2N=Cc2cc([N+](=O)[O-])ccc2Cl)cc1OC. The Labute approximate surface area is 169 Å². The van der Waals surface area contributed by atoms with Crippen LogP contribution in [0, 0.1) is 14.9 Å². The van der Waals surface area contributed by atoms with Crippen molar-refractivity contribution in [3.05, 3.63) is 61.9 Å². The summed E-state index contributed by atoms with van der Waals surface area (Å²) in [6.45, 7) is 0. The van der Waals surface area contributed by atoms with Crippen molar-refractivity contribution in [2.75, 3.05) is 14.2 Å². The number of hydrogen-bond donors (Lipinski definition) is 1. The van der Waals surface area contributed by atoms with Gasteiger partial charge in [-0.05, 0) is 36.5 Å². The highest BCUT2D eigenvalue weighted by Gasteiger charge is 2.13. The van der Waals surface area contributed by atoms with Crippen molar-refractivity contribution in [2.45, 2.75) is 0 Å². The van der Waals surface area contributed by atoms with Crippen molar-refractivity contribution in [3.8, 4) is 22.9 Å². The summed E-state index contributed by atoms with van der Waals surface area (Å²) in [6, 6.07) is 9.32. The van der Waals surface area contributed by atoms with Gasteiger partial charge >= 0.3 is 0 Å². The maximum absolute atomic E-state index is 11.0. The number of halogens is 1. The third kappa shape index (κ3) is 3.87. The second-order valence-electron chi connectivity index (χ2n) is 5.44. The van der Waals surface area contributed by atoms with Crippen LogP contribution in [0.25, 0.3) is 11.4 Å². The largest absolute Gasteiger partial charge is 0.493 e. The van der Waals surface area contributed by atoms with Crippen molar-refractivity contribution < 1.29 is 14.4 Å². The van der Waals surface area contributed by atoms with Crippen LogP contribution in [0.1, 0.15) is 5.56 Å². The minimum absolute atomic E-state index is 0.0956. The summed E-state index contributed by atoms with van der Waals surface area (Å²) in [7, 11) is 3.07. The number of methoxy groups -OCH3 is 2. The minimum Gasteiger partial charge on any atom is -0.493 e. The van der Waals surface area contributed by atoms with Crippen LogP contribution >= 0.6 is 23.8 Å². The molecular formula is C17H14ClN5O4S. The molecule has 28 heavy (non-hydrogen) atoms. The van der Waals surface area contributed by atoms with E-state index in [-0.39, 0.29) is 10.5 Å². The quantitative estimate of drug-likeness (QED) is 0.279. The molecule has 0 saturated carbocycles. The molecule has 0 saturated heterocycles. The van der Waals surface area contributed by atoms with E-state index >= 15 is 0 Å². The number of nitro benzene ring substituents is 1. The van der Waals surface area contributed by atoms with E-state index in [2.05, 4.69) is 15.3 Å². The van der Waals surface area contributed by atoms with Gasteiger partial charge in [0.2, 0.25) is 4.77 Å². The average Bonchev–Trinajstić information content (AvgIpc) is 3.07. The molecule has 3 rings (SSSR count). The molecule has 2 aromatic carbocycles. The van der Waals surface area contributed by atoms with Gasteiger partial charge in [-0.1, -0.05) is 11.6 Å². The second-order valence-corrected chi connectivity index (χ2v) is 6.24. The zero-order valence-electron chi connectivity index (χ0n) is 14.7. The number of ether oxygens (including phenoxy) is 2. The first kappa shape index (κ1) is 19.5. The van der Waals surface area contributed by atoms with E-state index in [1.807, 2.05) is 0 Å². The Hall–Kier alpha value is -3.24. The van der Waals surface area contributed by atoms with E-state index in [4.69, 9.17) is 33.3 Å². The predicted molar refractivity (Wildman–Crippen MR) is 107 cm³/mol. The van der Waals surface area contributed by atoms with Crippen molar-refractivity contribution >= 4 is 35.7 Å². The first-order chi connectivity index (χ1) is 13.4. The summed E-state index contributed by atoms with van der Waals surface area (Å²) in [4.78, 5) is 10.5. The van der Waals surface area contributed by atoms with Crippen LogP contribution in [0.4, 0.5) is 5.69 Å². The molecule has 144 valence electrons. The number of hydrogen-bond acceptors (Lipinski definition) is 7. The Bertz CT molecular complexity index is 1120. The monoisotopic (exact) mass is 419 g/mol. The summed E-state index contributed by atoms with van der Waals surface area (Å²) < 4.78 is 12.2. The maximum Gasteiger partial charge on any atom is 0.270 e. The number of nitrogens with zero attached hydrogens (tertiary/aromatic N) is 4. The Kier molecular flexibility index (Phi) is 5.71. The minimum atomic E-state index is -0.508. The molecule has 0 spiro atoms. The normalized spacial score (nSPS) is 11.0. The Morgan fingerprint density at radius 2 is 2.00 bits per heavy atom. The summed E-state index contributed by atoms with van der Waals surface area (Å²) in [5, 5.41) is 22.4. The number of aromatic amines is 1. The zero-order valence-corrected chi connectivity index (χ0v) is 16.3.